The molecule has 0 saturated heterocycles. The topological polar surface area (TPSA) is 99.4 Å². The maximum absolute atomic E-state index is 12.5. The largest absolute Gasteiger partial charge is 0.496 e. The minimum atomic E-state index is -1.10. The first kappa shape index (κ1) is 18.7. The highest BCUT2D eigenvalue weighted by atomic mass is 16.5. The van der Waals surface area contributed by atoms with Gasteiger partial charge in [0, 0.05) is 11.1 Å². The fourth-order valence-corrected chi connectivity index (χ4v) is 2.83. The van der Waals surface area contributed by atoms with E-state index >= 15 is 0 Å². The van der Waals surface area contributed by atoms with Crippen LogP contribution in [0.5, 0.6) is 5.75 Å². The Kier molecular flexibility index (Phi) is 5.38. The van der Waals surface area contributed by atoms with Crippen LogP contribution in [0.25, 0.3) is 16.8 Å². The lowest BCUT2D eigenvalue weighted by atomic mass is 10.0. The smallest absolute Gasteiger partial charge is 0.335 e. The second-order valence-electron chi connectivity index (χ2n) is 5.91. The van der Waals surface area contributed by atoms with Crippen LogP contribution in [0.15, 0.2) is 66.2 Å². The number of ether oxygens (including phenoxy) is 1. The molecule has 0 spiro atoms. The van der Waals surface area contributed by atoms with Gasteiger partial charge < -0.3 is 15.2 Å². The number of nitriles is 1. The highest BCUT2D eigenvalue weighted by Crippen LogP contribution is 2.29. The predicted molar refractivity (Wildman–Crippen MR) is 106 cm³/mol. The Morgan fingerprint density at radius 1 is 1.07 bits per heavy atom. The number of fused-ring (bicyclic) bond motifs is 1. The van der Waals surface area contributed by atoms with Crippen molar-refractivity contribution in [2.45, 2.75) is 0 Å². The van der Waals surface area contributed by atoms with Gasteiger partial charge in [0.2, 0.25) is 0 Å². The first-order valence-corrected chi connectivity index (χ1v) is 8.35. The van der Waals surface area contributed by atoms with E-state index in [2.05, 4.69) is 5.32 Å². The van der Waals surface area contributed by atoms with Crippen molar-refractivity contribution in [3.05, 3.63) is 77.4 Å². The normalized spacial score (nSPS) is 10.9. The average molecular weight is 372 g/mol. The Morgan fingerprint density at radius 3 is 2.50 bits per heavy atom. The van der Waals surface area contributed by atoms with Crippen LogP contribution in [0.3, 0.4) is 0 Å². The summed E-state index contributed by atoms with van der Waals surface area (Å²) in [5.41, 5.74) is 0.936. The Bertz CT molecular complexity index is 1140. The molecule has 0 atom stereocenters. The van der Waals surface area contributed by atoms with Crippen molar-refractivity contribution in [2.24, 2.45) is 0 Å². The standard InChI is InChI=1S/C22H16N2O4/c1-28-20-10-9-14(18-7-2-3-8-19(18)20)11-16(13-23)21(25)24-17-6-4-5-15(12-17)22(26)27/h2-12H,1H3,(H,24,25)(H,26,27)/b16-11-. The van der Waals surface area contributed by atoms with Crippen molar-refractivity contribution in [3.63, 3.8) is 0 Å². The Morgan fingerprint density at radius 2 is 1.82 bits per heavy atom. The Hall–Kier alpha value is -4.11. The molecule has 0 aliphatic heterocycles. The summed E-state index contributed by atoms with van der Waals surface area (Å²) >= 11 is 0. The number of benzene rings is 3. The predicted octanol–water partition coefficient (Wildman–Crippen LogP) is 4.09. The van der Waals surface area contributed by atoms with Crippen molar-refractivity contribution in [2.75, 3.05) is 12.4 Å². The zero-order chi connectivity index (χ0) is 20.1. The third kappa shape index (κ3) is 3.84. The number of carboxylic acid groups (broad SMARTS) is 1. The second-order valence-corrected chi connectivity index (χ2v) is 5.91. The highest BCUT2D eigenvalue weighted by molar-refractivity contribution is 6.11. The molecule has 6 heteroatoms. The summed E-state index contributed by atoms with van der Waals surface area (Å²) < 4.78 is 5.36. The number of carbonyl (C=O) groups is 2. The first-order valence-electron chi connectivity index (χ1n) is 8.35. The molecule has 0 aromatic heterocycles. The quantitative estimate of drug-likeness (QED) is 0.519. The van der Waals surface area contributed by atoms with E-state index in [4.69, 9.17) is 9.84 Å². The molecular formula is C22H16N2O4. The molecule has 0 fully saturated rings. The van der Waals surface area contributed by atoms with Crippen LogP contribution < -0.4 is 10.1 Å². The molecule has 2 N–H and O–H groups in total. The maximum Gasteiger partial charge on any atom is 0.335 e. The molecule has 138 valence electrons. The number of carbonyl (C=O) groups excluding carboxylic acids is 1. The number of amides is 1. The molecule has 28 heavy (non-hydrogen) atoms. The SMILES string of the molecule is COc1ccc(/C=C(/C#N)C(=O)Nc2cccc(C(=O)O)c2)c2ccccc12. The van der Waals surface area contributed by atoms with Crippen LogP contribution in [0.4, 0.5) is 5.69 Å². The van der Waals surface area contributed by atoms with Gasteiger partial charge in [0.15, 0.2) is 0 Å². The van der Waals surface area contributed by atoms with Gasteiger partial charge in [-0.25, -0.2) is 4.79 Å². The van der Waals surface area contributed by atoms with Crippen LogP contribution in [0.2, 0.25) is 0 Å². The lowest BCUT2D eigenvalue weighted by Crippen LogP contribution is -2.14. The molecule has 0 saturated carbocycles. The van der Waals surface area contributed by atoms with Gasteiger partial charge in [-0.15, -0.1) is 0 Å². The molecular weight excluding hydrogens is 356 g/mol. The lowest BCUT2D eigenvalue weighted by Gasteiger charge is -2.09. The van der Waals surface area contributed by atoms with E-state index in [1.807, 2.05) is 30.3 Å². The molecule has 3 rings (SSSR count). The van der Waals surface area contributed by atoms with Crippen molar-refractivity contribution in [1.29, 1.82) is 5.26 Å². The van der Waals surface area contributed by atoms with Gasteiger partial charge in [0.1, 0.15) is 17.4 Å². The molecule has 0 aliphatic rings. The van der Waals surface area contributed by atoms with E-state index in [1.165, 1.54) is 24.3 Å². The number of aromatic carboxylic acids is 1. The average Bonchev–Trinajstić information content (AvgIpc) is 2.72. The summed E-state index contributed by atoms with van der Waals surface area (Å²) in [6.45, 7) is 0. The fraction of sp³-hybridized carbons (Fsp3) is 0.0455. The van der Waals surface area contributed by atoms with Crippen molar-refractivity contribution in [1.82, 2.24) is 0 Å². The summed E-state index contributed by atoms with van der Waals surface area (Å²) in [7, 11) is 1.58. The minimum Gasteiger partial charge on any atom is -0.496 e. The van der Waals surface area contributed by atoms with Crippen molar-refractivity contribution >= 4 is 34.4 Å². The van der Waals surface area contributed by atoms with Gasteiger partial charge >= 0.3 is 5.97 Å². The van der Waals surface area contributed by atoms with E-state index in [0.717, 1.165) is 10.8 Å². The number of hydrogen-bond acceptors (Lipinski definition) is 4. The molecule has 0 unspecified atom stereocenters. The van der Waals surface area contributed by atoms with E-state index in [9.17, 15) is 14.9 Å². The van der Waals surface area contributed by atoms with Crippen LogP contribution in [0.1, 0.15) is 15.9 Å². The molecule has 3 aromatic rings. The van der Waals surface area contributed by atoms with Crippen LogP contribution >= 0.6 is 0 Å². The summed E-state index contributed by atoms with van der Waals surface area (Å²) in [5.74, 6) is -1.03. The zero-order valence-electron chi connectivity index (χ0n) is 15.0. The van der Waals surface area contributed by atoms with E-state index < -0.39 is 11.9 Å². The highest BCUT2D eigenvalue weighted by Gasteiger charge is 2.13. The van der Waals surface area contributed by atoms with Crippen LogP contribution in [-0.2, 0) is 4.79 Å². The molecule has 3 aromatic carbocycles. The maximum atomic E-state index is 12.5. The molecule has 6 nitrogen and oxygen atoms in total. The monoisotopic (exact) mass is 372 g/mol. The third-order valence-electron chi connectivity index (χ3n) is 4.17. The summed E-state index contributed by atoms with van der Waals surface area (Å²) in [4.78, 5) is 23.6. The molecule has 0 radical (unpaired) electrons. The van der Waals surface area contributed by atoms with E-state index in [-0.39, 0.29) is 11.1 Å². The van der Waals surface area contributed by atoms with Crippen molar-refractivity contribution < 1.29 is 19.4 Å². The Labute approximate surface area is 161 Å². The Balaban J connectivity index is 1.96. The number of rotatable bonds is 5. The van der Waals surface area contributed by atoms with E-state index in [1.54, 1.807) is 25.3 Å². The molecule has 0 aliphatic carbocycles. The lowest BCUT2D eigenvalue weighted by molar-refractivity contribution is -0.112. The van der Waals surface area contributed by atoms with Gasteiger partial charge in [-0.1, -0.05) is 36.4 Å². The second kappa shape index (κ2) is 8.06. The van der Waals surface area contributed by atoms with Crippen LogP contribution in [-0.4, -0.2) is 24.1 Å². The number of anilines is 1. The molecule has 0 bridgehead atoms. The number of nitrogens with one attached hydrogen (secondary N) is 1. The van der Waals surface area contributed by atoms with Gasteiger partial charge in [-0.05, 0) is 41.3 Å². The van der Waals surface area contributed by atoms with Gasteiger partial charge in [0.25, 0.3) is 5.91 Å². The van der Waals surface area contributed by atoms with Gasteiger partial charge in [-0.2, -0.15) is 5.26 Å². The summed E-state index contributed by atoms with van der Waals surface area (Å²) in [6, 6.07) is 18.8. The fourth-order valence-electron chi connectivity index (χ4n) is 2.83. The van der Waals surface area contributed by atoms with Crippen molar-refractivity contribution in [3.8, 4) is 11.8 Å². The minimum absolute atomic E-state index is 0.0430. The first-order chi connectivity index (χ1) is 13.5. The molecule has 1 amide bonds. The van der Waals surface area contributed by atoms with Gasteiger partial charge in [-0.3, -0.25) is 4.79 Å². The zero-order valence-corrected chi connectivity index (χ0v) is 15.0. The number of hydrogen-bond donors (Lipinski definition) is 2. The summed E-state index contributed by atoms with van der Waals surface area (Å²) in [6.07, 6.45) is 1.50. The summed E-state index contributed by atoms with van der Waals surface area (Å²) in [5, 5.41) is 22.8. The number of nitrogens with zero attached hydrogens (tertiary/aromatic N) is 1. The third-order valence-corrected chi connectivity index (χ3v) is 4.17. The van der Waals surface area contributed by atoms with Gasteiger partial charge in [0.05, 0.1) is 12.7 Å². The molecule has 0 heterocycles. The van der Waals surface area contributed by atoms with E-state index in [0.29, 0.717) is 17.0 Å². The number of methoxy groups -OCH3 is 1. The van der Waals surface area contributed by atoms with Crippen LogP contribution in [0, 0.1) is 11.3 Å². The number of carboxylic acids is 1.